The first-order chi connectivity index (χ1) is 11.2. The van der Waals surface area contributed by atoms with E-state index >= 15 is 0 Å². The minimum atomic E-state index is 0.687. The largest absolute Gasteiger partial charge is 0.380 e. The molecule has 0 amide bonds. The van der Waals surface area contributed by atoms with E-state index in [4.69, 9.17) is 11.6 Å². The summed E-state index contributed by atoms with van der Waals surface area (Å²) in [6.45, 7) is 4.41. The second-order valence-corrected chi connectivity index (χ2v) is 5.62. The predicted molar refractivity (Wildman–Crippen MR) is 96.8 cm³/mol. The highest BCUT2D eigenvalue weighted by molar-refractivity contribution is 6.30. The molecule has 0 saturated carbocycles. The van der Waals surface area contributed by atoms with Crippen molar-refractivity contribution in [2.45, 2.75) is 0 Å². The van der Waals surface area contributed by atoms with E-state index in [9.17, 15) is 0 Å². The van der Waals surface area contributed by atoms with E-state index in [-0.39, 0.29) is 0 Å². The number of rotatable bonds is 3. The summed E-state index contributed by atoms with van der Waals surface area (Å²) < 4.78 is 1.98. The molecular formula is C19H16ClN3. The lowest BCUT2D eigenvalue weighted by atomic mass is 10.2. The van der Waals surface area contributed by atoms with Crippen LogP contribution >= 0.6 is 11.6 Å². The van der Waals surface area contributed by atoms with Gasteiger partial charge in [0.25, 0.3) is 0 Å². The molecule has 0 bridgehead atoms. The predicted octanol–water partition coefficient (Wildman–Crippen LogP) is 4.22. The number of nitrogens with one attached hydrogen (secondary N) is 1. The van der Waals surface area contributed by atoms with Crippen LogP contribution in [0.5, 0.6) is 0 Å². The molecule has 3 rings (SSSR count). The molecule has 0 radical (unpaired) electrons. The zero-order valence-electron chi connectivity index (χ0n) is 12.8. The molecule has 0 aliphatic carbocycles. The summed E-state index contributed by atoms with van der Waals surface area (Å²) in [7, 11) is 1.97. The Morgan fingerprint density at radius 2 is 2.22 bits per heavy atom. The number of aromatic nitrogens is 2. The van der Waals surface area contributed by atoms with E-state index in [1.54, 1.807) is 0 Å². The van der Waals surface area contributed by atoms with Crippen LogP contribution in [-0.4, -0.2) is 16.1 Å². The van der Waals surface area contributed by atoms with Gasteiger partial charge in [-0.15, -0.1) is 6.58 Å². The third-order valence-electron chi connectivity index (χ3n) is 3.43. The minimum Gasteiger partial charge on any atom is -0.380 e. The Kier molecular flexibility index (Phi) is 4.36. The molecule has 2 heterocycles. The normalized spacial score (nSPS) is 10.2. The Morgan fingerprint density at radius 1 is 1.35 bits per heavy atom. The topological polar surface area (TPSA) is 29.9 Å². The maximum atomic E-state index is 6.00. The van der Waals surface area contributed by atoms with E-state index in [1.165, 1.54) is 0 Å². The Bertz CT molecular complexity index is 929. The summed E-state index contributed by atoms with van der Waals surface area (Å²) >= 11 is 6.00. The van der Waals surface area contributed by atoms with Crippen molar-refractivity contribution in [1.82, 2.24) is 9.55 Å². The van der Waals surface area contributed by atoms with Gasteiger partial charge in [0, 0.05) is 35.8 Å². The fourth-order valence-electron chi connectivity index (χ4n) is 2.35. The maximum absolute atomic E-state index is 6.00. The van der Waals surface area contributed by atoms with Gasteiger partial charge >= 0.3 is 0 Å². The van der Waals surface area contributed by atoms with Gasteiger partial charge in [0.15, 0.2) is 0 Å². The van der Waals surface area contributed by atoms with Gasteiger partial charge in [0.2, 0.25) is 0 Å². The van der Waals surface area contributed by atoms with Crippen molar-refractivity contribution < 1.29 is 0 Å². The highest BCUT2D eigenvalue weighted by atomic mass is 35.5. The van der Waals surface area contributed by atoms with Gasteiger partial charge in [0.05, 0.1) is 17.4 Å². The van der Waals surface area contributed by atoms with Gasteiger partial charge in [-0.25, -0.2) is 4.98 Å². The summed E-state index contributed by atoms with van der Waals surface area (Å²) in [6.07, 6.45) is 5.63. The van der Waals surface area contributed by atoms with Crippen LogP contribution in [0.3, 0.4) is 0 Å². The summed E-state index contributed by atoms with van der Waals surface area (Å²) in [4.78, 5) is 4.50. The second kappa shape index (κ2) is 6.60. The smallest absolute Gasteiger partial charge is 0.141 e. The summed E-state index contributed by atoms with van der Waals surface area (Å²) in [5, 5.41) is 4.96. The van der Waals surface area contributed by atoms with Crippen LogP contribution in [0.15, 0.2) is 55.4 Å². The average Bonchev–Trinajstić information content (AvgIpc) is 2.87. The molecule has 1 N–H and O–H groups in total. The number of hydrogen-bond acceptors (Lipinski definition) is 2. The van der Waals surface area contributed by atoms with Gasteiger partial charge in [-0.05, 0) is 24.3 Å². The van der Waals surface area contributed by atoms with Crippen molar-refractivity contribution in [3.05, 3.63) is 71.5 Å². The first-order valence-corrected chi connectivity index (χ1v) is 7.62. The number of hydrogen-bond donors (Lipinski definition) is 1. The lowest BCUT2D eigenvalue weighted by Gasteiger charge is -2.03. The van der Waals surface area contributed by atoms with Gasteiger partial charge in [-0.1, -0.05) is 35.6 Å². The molecule has 4 heteroatoms. The van der Waals surface area contributed by atoms with Gasteiger partial charge in [0.1, 0.15) is 5.65 Å². The van der Waals surface area contributed by atoms with Crippen LogP contribution in [0.4, 0.5) is 5.69 Å². The zero-order chi connectivity index (χ0) is 16.2. The number of anilines is 1. The molecule has 0 saturated heterocycles. The Morgan fingerprint density at radius 3 is 3.00 bits per heavy atom. The SMILES string of the molecule is C=CCNc1cnc2c(c1)c(C#Cc1cccc(Cl)c1)cn2C. The maximum Gasteiger partial charge on any atom is 0.141 e. The molecule has 0 atom stereocenters. The number of pyridine rings is 1. The molecule has 0 aliphatic rings. The fraction of sp³-hybridized carbons (Fsp3) is 0.105. The Balaban J connectivity index is 2.02. The molecule has 0 fully saturated rings. The molecule has 114 valence electrons. The van der Waals surface area contributed by atoms with Crippen molar-refractivity contribution in [2.24, 2.45) is 7.05 Å². The molecule has 0 aliphatic heterocycles. The van der Waals surface area contributed by atoms with E-state index in [0.29, 0.717) is 11.6 Å². The average molecular weight is 322 g/mol. The van der Waals surface area contributed by atoms with Crippen molar-refractivity contribution in [2.75, 3.05) is 11.9 Å². The van der Waals surface area contributed by atoms with E-state index in [1.807, 2.05) is 54.3 Å². The van der Waals surface area contributed by atoms with Crippen LogP contribution in [0.1, 0.15) is 11.1 Å². The number of benzene rings is 1. The number of fused-ring (bicyclic) bond motifs is 1. The van der Waals surface area contributed by atoms with Crippen LogP contribution in [-0.2, 0) is 7.05 Å². The zero-order valence-corrected chi connectivity index (χ0v) is 13.6. The molecule has 3 aromatic rings. The van der Waals surface area contributed by atoms with E-state index in [2.05, 4.69) is 34.8 Å². The van der Waals surface area contributed by atoms with Crippen LogP contribution < -0.4 is 5.32 Å². The summed E-state index contributed by atoms with van der Waals surface area (Å²) in [6, 6.07) is 9.60. The second-order valence-electron chi connectivity index (χ2n) is 5.18. The van der Waals surface area contributed by atoms with Crippen LogP contribution in [0.2, 0.25) is 5.02 Å². The standard InChI is InChI=1S/C19H16ClN3/c1-3-9-21-17-11-18-15(13-23(2)19(18)22-12-17)8-7-14-5-4-6-16(20)10-14/h3-6,10-13,21H,1,9H2,2H3. The molecule has 0 spiro atoms. The van der Waals surface area contributed by atoms with Crippen molar-refractivity contribution in [1.29, 1.82) is 0 Å². The van der Waals surface area contributed by atoms with Gasteiger partial charge in [-0.2, -0.15) is 0 Å². The van der Waals surface area contributed by atoms with Crippen LogP contribution in [0, 0.1) is 11.8 Å². The fourth-order valence-corrected chi connectivity index (χ4v) is 2.54. The molecule has 23 heavy (non-hydrogen) atoms. The van der Waals surface area contributed by atoms with Gasteiger partial charge < -0.3 is 9.88 Å². The molecular weight excluding hydrogens is 306 g/mol. The lowest BCUT2D eigenvalue weighted by Crippen LogP contribution is -1.98. The van der Waals surface area contributed by atoms with Crippen molar-refractivity contribution in [3.8, 4) is 11.8 Å². The summed E-state index contributed by atoms with van der Waals surface area (Å²) in [5.41, 5.74) is 3.69. The third kappa shape index (κ3) is 3.39. The monoisotopic (exact) mass is 321 g/mol. The van der Waals surface area contributed by atoms with E-state index in [0.717, 1.165) is 27.8 Å². The van der Waals surface area contributed by atoms with Crippen molar-refractivity contribution in [3.63, 3.8) is 0 Å². The van der Waals surface area contributed by atoms with Crippen molar-refractivity contribution >= 4 is 28.3 Å². The third-order valence-corrected chi connectivity index (χ3v) is 3.67. The summed E-state index contributed by atoms with van der Waals surface area (Å²) in [5.74, 6) is 6.38. The van der Waals surface area contributed by atoms with Gasteiger partial charge in [-0.3, -0.25) is 0 Å². The Labute approximate surface area is 140 Å². The number of halogens is 1. The molecule has 0 unspecified atom stereocenters. The first kappa shape index (κ1) is 15.2. The van der Waals surface area contributed by atoms with Crippen LogP contribution in [0.25, 0.3) is 11.0 Å². The number of aryl methyl sites for hydroxylation is 1. The first-order valence-electron chi connectivity index (χ1n) is 7.25. The quantitative estimate of drug-likeness (QED) is 0.578. The highest BCUT2D eigenvalue weighted by Crippen LogP contribution is 2.21. The molecule has 1 aromatic carbocycles. The number of nitrogens with zero attached hydrogens (tertiary/aromatic N) is 2. The van der Waals surface area contributed by atoms with E-state index < -0.39 is 0 Å². The lowest BCUT2D eigenvalue weighted by molar-refractivity contribution is 0.947. The highest BCUT2D eigenvalue weighted by Gasteiger charge is 2.07. The minimum absolute atomic E-state index is 0.687. The molecule has 3 nitrogen and oxygen atoms in total. The Hall–Kier alpha value is -2.70. The molecule has 2 aromatic heterocycles.